The van der Waals surface area contributed by atoms with Crippen molar-refractivity contribution in [2.24, 2.45) is 11.7 Å². The van der Waals surface area contributed by atoms with E-state index in [4.69, 9.17) is 12.2 Å². The molecule has 0 aromatic rings. The summed E-state index contributed by atoms with van der Waals surface area (Å²) in [5, 5.41) is 0. The molecule has 1 atom stereocenters. The molecule has 1 fully saturated rings. The van der Waals surface area contributed by atoms with Crippen LogP contribution >= 0.6 is 0 Å². The minimum Gasteiger partial charge on any atom is -0.319 e. The van der Waals surface area contributed by atoms with Crippen LogP contribution in [0.3, 0.4) is 0 Å². The van der Waals surface area contributed by atoms with Gasteiger partial charge in [-0.3, -0.25) is 4.79 Å². The molecule has 0 saturated heterocycles. The lowest BCUT2D eigenvalue weighted by Gasteiger charge is -2.22. The van der Waals surface area contributed by atoms with Crippen LogP contribution in [0.5, 0.6) is 0 Å². The molecule has 0 aromatic carbocycles. The zero-order valence-corrected chi connectivity index (χ0v) is 8.18. The maximum atomic E-state index is 11.6. The average Bonchev–Trinajstić information content (AvgIpc) is 2.86. The number of terminal acetylenes is 1. The summed E-state index contributed by atoms with van der Waals surface area (Å²) in [6.45, 7) is 1.85. The van der Waals surface area contributed by atoms with Gasteiger partial charge in [-0.25, -0.2) is 0 Å². The largest absolute Gasteiger partial charge is 0.319 e. The molecule has 2 heteroatoms. The van der Waals surface area contributed by atoms with Crippen molar-refractivity contribution in [1.29, 1.82) is 0 Å². The van der Waals surface area contributed by atoms with Crippen molar-refractivity contribution in [3.63, 3.8) is 0 Å². The van der Waals surface area contributed by atoms with Gasteiger partial charge in [0.1, 0.15) is 0 Å². The van der Waals surface area contributed by atoms with Crippen molar-refractivity contribution < 1.29 is 4.79 Å². The van der Waals surface area contributed by atoms with Crippen molar-refractivity contribution in [3.05, 3.63) is 0 Å². The molecule has 1 aliphatic rings. The molecule has 0 spiro atoms. The molecule has 0 bridgehead atoms. The van der Waals surface area contributed by atoms with Crippen LogP contribution in [0, 0.1) is 18.3 Å². The predicted molar refractivity (Wildman–Crippen MR) is 53.0 cm³/mol. The van der Waals surface area contributed by atoms with Gasteiger partial charge in [0.15, 0.2) is 5.78 Å². The summed E-state index contributed by atoms with van der Waals surface area (Å²) in [6, 6.07) is 0. The number of nitrogens with two attached hydrogens (primary N) is 1. The lowest BCUT2D eigenvalue weighted by atomic mass is 9.89. The number of hydrogen-bond acceptors (Lipinski definition) is 2. The first kappa shape index (κ1) is 10.3. The van der Waals surface area contributed by atoms with Crippen LogP contribution in [0.2, 0.25) is 0 Å². The molecular formula is C11H17NO. The highest BCUT2D eigenvalue weighted by molar-refractivity contribution is 5.88. The highest BCUT2D eigenvalue weighted by Crippen LogP contribution is 2.39. The summed E-state index contributed by atoms with van der Waals surface area (Å²) < 4.78 is 0. The summed E-state index contributed by atoms with van der Waals surface area (Å²) in [5.41, 5.74) is 5.36. The van der Waals surface area contributed by atoms with Crippen molar-refractivity contribution in [2.45, 2.75) is 44.6 Å². The van der Waals surface area contributed by atoms with E-state index in [-0.39, 0.29) is 5.78 Å². The van der Waals surface area contributed by atoms with Crippen LogP contribution in [0.4, 0.5) is 0 Å². The third kappa shape index (κ3) is 2.57. The second-order valence-corrected chi connectivity index (χ2v) is 4.04. The Morgan fingerprint density at radius 2 is 2.31 bits per heavy atom. The van der Waals surface area contributed by atoms with Crippen LogP contribution in [-0.4, -0.2) is 11.3 Å². The van der Waals surface area contributed by atoms with Gasteiger partial charge in [0, 0.05) is 12.8 Å². The molecule has 2 nitrogen and oxygen atoms in total. The van der Waals surface area contributed by atoms with E-state index in [0.29, 0.717) is 18.8 Å². The SMILES string of the molecule is C#CCCCC(=O)C(C)(N)C1CC1. The van der Waals surface area contributed by atoms with E-state index >= 15 is 0 Å². The van der Waals surface area contributed by atoms with Gasteiger partial charge in [-0.15, -0.1) is 12.3 Å². The topological polar surface area (TPSA) is 43.1 Å². The zero-order chi connectivity index (χ0) is 9.90. The van der Waals surface area contributed by atoms with E-state index in [2.05, 4.69) is 5.92 Å². The first-order valence-corrected chi connectivity index (χ1v) is 4.84. The Morgan fingerprint density at radius 1 is 1.69 bits per heavy atom. The van der Waals surface area contributed by atoms with Gasteiger partial charge in [-0.05, 0) is 32.1 Å². The minimum atomic E-state index is -0.589. The fraction of sp³-hybridized carbons (Fsp3) is 0.727. The smallest absolute Gasteiger partial charge is 0.152 e. The Morgan fingerprint density at radius 3 is 2.77 bits per heavy atom. The first-order chi connectivity index (χ1) is 6.09. The second-order valence-electron chi connectivity index (χ2n) is 4.04. The molecule has 1 unspecified atom stereocenters. The standard InChI is InChI=1S/C11H17NO/c1-3-4-5-6-10(13)11(2,12)9-7-8-9/h1,9H,4-8,12H2,2H3. The average molecular weight is 179 g/mol. The normalized spacial score (nSPS) is 20.4. The number of Topliss-reactive ketones (excluding diaryl/α,β-unsaturated/α-hetero) is 1. The summed E-state index contributed by atoms with van der Waals surface area (Å²) in [4.78, 5) is 11.6. The zero-order valence-electron chi connectivity index (χ0n) is 8.18. The lowest BCUT2D eigenvalue weighted by Crippen LogP contribution is -2.46. The Labute approximate surface area is 79.9 Å². The molecule has 13 heavy (non-hydrogen) atoms. The van der Waals surface area contributed by atoms with Gasteiger partial charge < -0.3 is 5.73 Å². The van der Waals surface area contributed by atoms with E-state index in [1.165, 1.54) is 0 Å². The summed E-state index contributed by atoms with van der Waals surface area (Å²) in [6.07, 6.45) is 9.29. The van der Waals surface area contributed by atoms with Gasteiger partial charge in [0.2, 0.25) is 0 Å². The van der Waals surface area contributed by atoms with Crippen LogP contribution in [-0.2, 0) is 4.79 Å². The fourth-order valence-corrected chi connectivity index (χ4v) is 1.53. The Balaban J connectivity index is 2.33. The van der Waals surface area contributed by atoms with E-state index in [9.17, 15) is 4.79 Å². The number of rotatable bonds is 5. The molecule has 1 rings (SSSR count). The van der Waals surface area contributed by atoms with Crippen LogP contribution in [0.1, 0.15) is 39.0 Å². The summed E-state index contributed by atoms with van der Waals surface area (Å²) >= 11 is 0. The van der Waals surface area contributed by atoms with Gasteiger partial charge in [-0.1, -0.05) is 0 Å². The molecule has 1 aliphatic carbocycles. The minimum absolute atomic E-state index is 0.172. The molecule has 0 aromatic heterocycles. The van der Waals surface area contributed by atoms with Gasteiger partial charge in [-0.2, -0.15) is 0 Å². The van der Waals surface area contributed by atoms with Crippen LogP contribution in [0.15, 0.2) is 0 Å². The predicted octanol–water partition coefficient (Wildman–Crippen LogP) is 1.49. The highest BCUT2D eigenvalue weighted by Gasteiger charge is 2.42. The van der Waals surface area contributed by atoms with Crippen molar-refractivity contribution in [3.8, 4) is 12.3 Å². The van der Waals surface area contributed by atoms with E-state index in [1.807, 2.05) is 6.92 Å². The Kier molecular flexibility index (Phi) is 3.11. The Hall–Kier alpha value is -0.810. The maximum absolute atomic E-state index is 11.6. The maximum Gasteiger partial charge on any atom is 0.152 e. The van der Waals surface area contributed by atoms with Crippen LogP contribution < -0.4 is 5.73 Å². The molecule has 0 heterocycles. The van der Waals surface area contributed by atoms with Crippen molar-refractivity contribution in [2.75, 3.05) is 0 Å². The first-order valence-electron chi connectivity index (χ1n) is 4.84. The third-order valence-electron chi connectivity index (χ3n) is 2.75. The van der Waals surface area contributed by atoms with Gasteiger partial charge >= 0.3 is 0 Å². The molecule has 0 amide bonds. The lowest BCUT2D eigenvalue weighted by molar-refractivity contribution is -0.124. The highest BCUT2D eigenvalue weighted by atomic mass is 16.1. The molecule has 0 aliphatic heterocycles. The Bertz CT molecular complexity index is 233. The molecule has 0 radical (unpaired) electrons. The number of unbranched alkanes of at least 4 members (excludes halogenated alkanes) is 1. The van der Waals surface area contributed by atoms with Crippen LogP contribution in [0.25, 0.3) is 0 Å². The molecule has 1 saturated carbocycles. The third-order valence-corrected chi connectivity index (χ3v) is 2.75. The van der Waals surface area contributed by atoms with Crippen molar-refractivity contribution in [1.82, 2.24) is 0 Å². The fourth-order valence-electron chi connectivity index (χ4n) is 1.53. The monoisotopic (exact) mass is 179 g/mol. The molecular weight excluding hydrogens is 162 g/mol. The van der Waals surface area contributed by atoms with E-state index < -0.39 is 5.54 Å². The molecule has 2 N–H and O–H groups in total. The number of ketones is 1. The summed E-state index contributed by atoms with van der Waals surface area (Å²) in [5.74, 6) is 3.12. The summed E-state index contributed by atoms with van der Waals surface area (Å²) in [7, 11) is 0. The number of carbonyl (C=O) groups excluding carboxylic acids is 1. The van der Waals surface area contributed by atoms with Gasteiger partial charge in [0.05, 0.1) is 5.54 Å². The quantitative estimate of drug-likeness (QED) is 0.513. The van der Waals surface area contributed by atoms with Gasteiger partial charge in [0.25, 0.3) is 0 Å². The van der Waals surface area contributed by atoms with E-state index in [1.54, 1.807) is 0 Å². The second kappa shape index (κ2) is 3.93. The number of carbonyl (C=O) groups is 1. The van der Waals surface area contributed by atoms with E-state index in [0.717, 1.165) is 19.3 Å². The molecule has 72 valence electrons. The number of hydrogen-bond donors (Lipinski definition) is 1. The van der Waals surface area contributed by atoms with Crippen molar-refractivity contribution >= 4 is 5.78 Å².